The van der Waals surface area contributed by atoms with E-state index in [1.165, 1.54) is 18.4 Å². The van der Waals surface area contributed by atoms with Crippen molar-refractivity contribution in [2.45, 2.75) is 13.8 Å². The zero-order valence-electron chi connectivity index (χ0n) is 19.1. The Hall–Kier alpha value is -3.14. The van der Waals surface area contributed by atoms with Crippen LogP contribution >= 0.6 is 11.3 Å². The van der Waals surface area contributed by atoms with Gasteiger partial charge in [0, 0.05) is 17.8 Å². The molecule has 0 saturated heterocycles. The lowest BCUT2D eigenvalue weighted by atomic mass is 10.1. The smallest absolute Gasteiger partial charge is 0.206 e. The Morgan fingerprint density at radius 3 is 2.50 bits per heavy atom. The van der Waals surface area contributed by atoms with Gasteiger partial charge in [-0.3, -0.25) is 15.1 Å². The summed E-state index contributed by atoms with van der Waals surface area (Å²) in [6.07, 6.45) is 0. The Bertz CT molecular complexity index is 990. The van der Waals surface area contributed by atoms with Crippen molar-refractivity contribution in [1.29, 1.82) is 0 Å². The maximum atomic E-state index is 12.9. The summed E-state index contributed by atoms with van der Waals surface area (Å²) in [7, 11) is 5.51. The molecule has 8 nitrogen and oxygen atoms in total. The quantitative estimate of drug-likeness (QED) is 0.299. The number of hydrogen-bond acceptors (Lipinski definition) is 9. The predicted molar refractivity (Wildman–Crippen MR) is 132 cm³/mol. The SMILES string of the molecule is CC.CONc1cccc(C(=O)c2sc(Nc3ccc(OCCN(C)C)cc3)nc2N)c1. The molecule has 32 heavy (non-hydrogen) atoms. The van der Waals surface area contributed by atoms with Gasteiger partial charge in [0.1, 0.15) is 23.1 Å². The number of rotatable bonds is 10. The number of carbonyl (C=O) groups excluding carboxylic acids is 1. The number of hydrogen-bond donors (Lipinski definition) is 3. The average molecular weight is 458 g/mol. The van der Waals surface area contributed by atoms with Crippen LogP contribution in [0.2, 0.25) is 0 Å². The zero-order valence-corrected chi connectivity index (χ0v) is 20.0. The first-order chi connectivity index (χ1) is 15.5. The van der Waals surface area contributed by atoms with E-state index in [-0.39, 0.29) is 11.6 Å². The molecule has 0 saturated carbocycles. The van der Waals surface area contributed by atoms with Crippen LogP contribution in [0.25, 0.3) is 0 Å². The molecule has 1 heterocycles. The topological polar surface area (TPSA) is 102 Å². The van der Waals surface area contributed by atoms with Crippen molar-refractivity contribution < 1.29 is 14.4 Å². The van der Waals surface area contributed by atoms with Crippen LogP contribution in [0.4, 0.5) is 22.3 Å². The summed E-state index contributed by atoms with van der Waals surface area (Å²) in [4.78, 5) is 24.5. The molecule has 4 N–H and O–H groups in total. The Labute approximate surface area is 193 Å². The molecule has 1 aromatic heterocycles. The second-order valence-electron chi connectivity index (χ2n) is 6.75. The molecule has 0 bridgehead atoms. The molecule has 0 radical (unpaired) electrons. The fraction of sp³-hybridized carbons (Fsp3) is 0.304. The number of benzene rings is 2. The number of nitrogen functional groups attached to an aromatic ring is 1. The predicted octanol–water partition coefficient (Wildman–Crippen LogP) is 4.64. The number of ether oxygens (including phenoxy) is 1. The van der Waals surface area contributed by atoms with Crippen molar-refractivity contribution in [1.82, 2.24) is 9.88 Å². The molecule has 3 rings (SSSR count). The third kappa shape index (κ3) is 7.23. The molecule has 0 unspecified atom stereocenters. The van der Waals surface area contributed by atoms with Crippen LogP contribution in [0.15, 0.2) is 48.5 Å². The highest BCUT2D eigenvalue weighted by Gasteiger charge is 2.18. The highest BCUT2D eigenvalue weighted by molar-refractivity contribution is 7.18. The molecule has 0 aliphatic carbocycles. The van der Waals surface area contributed by atoms with Gasteiger partial charge in [-0.1, -0.05) is 37.3 Å². The minimum atomic E-state index is -0.192. The van der Waals surface area contributed by atoms with Gasteiger partial charge in [-0.25, -0.2) is 4.98 Å². The molecule has 0 atom stereocenters. The first-order valence-corrected chi connectivity index (χ1v) is 11.1. The molecule has 2 aromatic carbocycles. The van der Waals surface area contributed by atoms with Crippen molar-refractivity contribution in [2.24, 2.45) is 0 Å². The van der Waals surface area contributed by atoms with E-state index in [1.54, 1.807) is 24.3 Å². The lowest BCUT2D eigenvalue weighted by Gasteiger charge is -2.11. The number of anilines is 4. The van der Waals surface area contributed by atoms with Crippen LogP contribution in [0, 0.1) is 0 Å². The van der Waals surface area contributed by atoms with E-state index < -0.39 is 0 Å². The minimum Gasteiger partial charge on any atom is -0.492 e. The second kappa shape index (κ2) is 12.7. The van der Waals surface area contributed by atoms with E-state index >= 15 is 0 Å². The highest BCUT2D eigenvalue weighted by atomic mass is 32.1. The first-order valence-electron chi connectivity index (χ1n) is 10.3. The zero-order chi connectivity index (χ0) is 23.5. The Balaban J connectivity index is 0.00000176. The van der Waals surface area contributed by atoms with Crippen LogP contribution in [-0.2, 0) is 4.84 Å². The van der Waals surface area contributed by atoms with E-state index in [0.29, 0.717) is 27.9 Å². The van der Waals surface area contributed by atoms with Crippen molar-refractivity contribution in [3.8, 4) is 5.75 Å². The molecule has 0 spiro atoms. The van der Waals surface area contributed by atoms with Gasteiger partial charge in [0.2, 0.25) is 5.78 Å². The van der Waals surface area contributed by atoms with Gasteiger partial charge in [0.05, 0.1) is 12.8 Å². The standard InChI is InChI=1S/C21H25N5O3S.C2H6/c1-26(2)11-12-29-17-9-7-15(8-10-17)23-21-24-20(22)19(30-21)18(27)14-5-4-6-16(13-14)25-28-3;1-2/h4-10,13,25H,11-12,22H2,1-3H3,(H,23,24);1-2H3. The maximum absolute atomic E-state index is 12.9. The summed E-state index contributed by atoms with van der Waals surface area (Å²) in [6.45, 7) is 5.47. The molecule has 0 aliphatic heterocycles. The molecule has 0 fully saturated rings. The molecular formula is C23H31N5O3S. The molecule has 172 valence electrons. The first kappa shape index (κ1) is 25.1. The largest absolute Gasteiger partial charge is 0.492 e. The highest BCUT2D eigenvalue weighted by Crippen LogP contribution is 2.30. The summed E-state index contributed by atoms with van der Waals surface area (Å²) in [6, 6.07) is 14.6. The van der Waals surface area contributed by atoms with Gasteiger partial charge >= 0.3 is 0 Å². The van der Waals surface area contributed by atoms with Gasteiger partial charge in [-0.2, -0.15) is 0 Å². The summed E-state index contributed by atoms with van der Waals surface area (Å²) in [5.74, 6) is 0.796. The van der Waals surface area contributed by atoms with Crippen molar-refractivity contribution in [2.75, 3.05) is 50.9 Å². The normalized spacial score (nSPS) is 10.3. The van der Waals surface area contributed by atoms with E-state index in [0.717, 1.165) is 18.0 Å². The second-order valence-corrected chi connectivity index (χ2v) is 7.75. The van der Waals surface area contributed by atoms with Crippen molar-refractivity contribution >= 4 is 39.4 Å². The third-order valence-electron chi connectivity index (χ3n) is 4.12. The lowest BCUT2D eigenvalue weighted by Crippen LogP contribution is -2.19. The van der Waals surface area contributed by atoms with E-state index in [4.69, 9.17) is 15.3 Å². The summed E-state index contributed by atoms with van der Waals surface area (Å²) >= 11 is 1.21. The average Bonchev–Trinajstić information content (AvgIpc) is 3.16. The van der Waals surface area contributed by atoms with Crippen LogP contribution in [0.1, 0.15) is 29.1 Å². The molecule has 0 amide bonds. The minimum absolute atomic E-state index is 0.192. The number of nitrogens with two attached hydrogens (primary N) is 1. The number of ketones is 1. The summed E-state index contributed by atoms with van der Waals surface area (Å²) in [5, 5.41) is 3.73. The van der Waals surface area contributed by atoms with Crippen LogP contribution < -0.4 is 21.3 Å². The number of nitrogens with zero attached hydrogens (tertiary/aromatic N) is 2. The van der Waals surface area contributed by atoms with E-state index in [1.807, 2.05) is 52.2 Å². The third-order valence-corrected chi connectivity index (χ3v) is 5.10. The number of carbonyl (C=O) groups is 1. The monoisotopic (exact) mass is 457 g/mol. The fourth-order valence-corrected chi connectivity index (χ4v) is 3.49. The number of likely N-dealkylation sites (N-methyl/N-ethyl adjacent to an activating group) is 1. The maximum Gasteiger partial charge on any atom is 0.206 e. The van der Waals surface area contributed by atoms with Gasteiger partial charge in [-0.15, -0.1) is 0 Å². The van der Waals surface area contributed by atoms with E-state index in [2.05, 4.69) is 20.7 Å². The van der Waals surface area contributed by atoms with Crippen LogP contribution in [-0.4, -0.2) is 50.0 Å². The molecule has 0 aliphatic rings. The Kier molecular flexibility index (Phi) is 9.93. The van der Waals surface area contributed by atoms with Gasteiger partial charge in [0.15, 0.2) is 5.13 Å². The molecular weight excluding hydrogens is 426 g/mol. The summed E-state index contributed by atoms with van der Waals surface area (Å²) in [5.41, 5.74) is 10.7. The summed E-state index contributed by atoms with van der Waals surface area (Å²) < 4.78 is 5.69. The van der Waals surface area contributed by atoms with Crippen molar-refractivity contribution in [3.05, 3.63) is 59.0 Å². The number of aromatic nitrogens is 1. The molecule has 3 aromatic rings. The van der Waals surface area contributed by atoms with Crippen LogP contribution in [0.5, 0.6) is 5.75 Å². The number of thiazole rings is 1. The van der Waals surface area contributed by atoms with Crippen LogP contribution in [0.3, 0.4) is 0 Å². The molecule has 9 heteroatoms. The Morgan fingerprint density at radius 1 is 1.12 bits per heavy atom. The van der Waals surface area contributed by atoms with Gasteiger partial charge < -0.3 is 20.7 Å². The Morgan fingerprint density at radius 2 is 1.84 bits per heavy atom. The number of nitrogens with one attached hydrogen (secondary N) is 2. The fourth-order valence-electron chi connectivity index (χ4n) is 2.62. The van der Waals surface area contributed by atoms with E-state index in [9.17, 15) is 4.79 Å². The van der Waals surface area contributed by atoms with Gasteiger partial charge in [-0.05, 0) is 50.5 Å². The van der Waals surface area contributed by atoms with Crippen molar-refractivity contribution in [3.63, 3.8) is 0 Å². The lowest BCUT2D eigenvalue weighted by molar-refractivity contribution is 0.104. The van der Waals surface area contributed by atoms with Gasteiger partial charge in [0.25, 0.3) is 0 Å².